The third kappa shape index (κ3) is 5.03. The Morgan fingerprint density at radius 3 is 2.79 bits per heavy atom. The van der Waals surface area contributed by atoms with Gasteiger partial charge in [0.2, 0.25) is 5.13 Å². The van der Waals surface area contributed by atoms with Crippen LogP contribution in [0.15, 0.2) is 64.4 Å². The lowest BCUT2D eigenvalue weighted by atomic mass is 10.1. The van der Waals surface area contributed by atoms with Gasteiger partial charge in [-0.1, -0.05) is 35.2 Å². The molecule has 4 rings (SSSR count). The summed E-state index contributed by atoms with van der Waals surface area (Å²) >= 11 is 2.67. The molecule has 0 saturated carbocycles. The normalized spacial score (nSPS) is 15.2. The molecule has 0 bridgehead atoms. The van der Waals surface area contributed by atoms with Crippen molar-refractivity contribution in [1.82, 2.24) is 10.2 Å². The van der Waals surface area contributed by atoms with Crippen LogP contribution in [0.1, 0.15) is 5.56 Å². The van der Waals surface area contributed by atoms with E-state index in [9.17, 15) is 13.2 Å². The van der Waals surface area contributed by atoms with Crippen LogP contribution in [0.4, 0.5) is 10.8 Å². The number of sulfonamides is 1. The minimum Gasteiger partial charge on any atom is -0.497 e. The van der Waals surface area contributed by atoms with Gasteiger partial charge < -0.3 is 9.47 Å². The van der Waals surface area contributed by atoms with E-state index in [1.165, 1.54) is 46.6 Å². The maximum atomic E-state index is 13.5. The third-order valence-corrected chi connectivity index (χ3v) is 8.65. The van der Waals surface area contributed by atoms with Gasteiger partial charge in [0, 0.05) is 5.75 Å². The molecule has 0 fully saturated rings. The van der Waals surface area contributed by atoms with E-state index >= 15 is 0 Å². The van der Waals surface area contributed by atoms with Crippen molar-refractivity contribution in [3.8, 4) is 11.5 Å². The van der Waals surface area contributed by atoms with Crippen molar-refractivity contribution in [2.45, 2.75) is 22.3 Å². The largest absolute Gasteiger partial charge is 0.497 e. The summed E-state index contributed by atoms with van der Waals surface area (Å²) in [5.41, 5.74) is 1.24. The number of fused-ring (bicyclic) bond motifs is 1. The van der Waals surface area contributed by atoms with Crippen LogP contribution in [-0.4, -0.2) is 50.0 Å². The molecule has 2 aromatic carbocycles. The molecule has 1 atom stereocenters. The number of thioether (sulfide) groups is 1. The van der Waals surface area contributed by atoms with Gasteiger partial charge in [-0.05, 0) is 48.9 Å². The second kappa shape index (κ2) is 10.0. The lowest BCUT2D eigenvalue weighted by molar-refractivity contribution is -0.122. The fourth-order valence-electron chi connectivity index (χ4n) is 3.23. The number of hydrogen-bond acceptors (Lipinski definition) is 9. The topological polar surface area (TPSA) is 111 Å². The summed E-state index contributed by atoms with van der Waals surface area (Å²) in [6.07, 6.45) is 0.660. The Balaban J connectivity index is 1.62. The zero-order valence-corrected chi connectivity index (χ0v) is 20.9. The van der Waals surface area contributed by atoms with Crippen LogP contribution in [0.2, 0.25) is 0 Å². The first-order valence-electron chi connectivity index (χ1n) is 10.1. The number of amides is 1. The number of nitrogens with one attached hydrogen (secondary N) is 1. The van der Waals surface area contributed by atoms with Crippen molar-refractivity contribution in [3.05, 3.63) is 60.7 Å². The summed E-state index contributed by atoms with van der Waals surface area (Å²) < 4.78 is 40.0. The predicted molar refractivity (Wildman–Crippen MR) is 133 cm³/mol. The Hall–Kier alpha value is -3.09. The maximum Gasteiger partial charge on any atom is 0.269 e. The second-order valence-electron chi connectivity index (χ2n) is 7.25. The van der Waals surface area contributed by atoms with Crippen molar-refractivity contribution < 1.29 is 22.7 Å². The Morgan fingerprint density at radius 1 is 1.32 bits per heavy atom. The molecular formula is C22H22N4O5S3. The number of ether oxygens (including phenoxy) is 2. The molecule has 1 aliphatic heterocycles. The van der Waals surface area contributed by atoms with Gasteiger partial charge in [-0.25, -0.2) is 8.42 Å². The first kappa shape index (κ1) is 24.0. The minimum atomic E-state index is -3.98. The number of carbonyl (C=O) groups excluding carboxylic acids is 1. The molecule has 1 N–H and O–H groups in total. The number of benzene rings is 2. The second-order valence-corrected chi connectivity index (χ2v) is 11.4. The Kier molecular flexibility index (Phi) is 7.10. The molecule has 3 aromatic rings. The van der Waals surface area contributed by atoms with Crippen LogP contribution in [0.25, 0.3) is 0 Å². The smallest absolute Gasteiger partial charge is 0.269 e. The molecule has 0 spiro atoms. The number of aryl methyl sites for hydroxylation is 1. The number of carbonyl (C=O) groups is 1. The minimum absolute atomic E-state index is 0.0777. The van der Waals surface area contributed by atoms with Gasteiger partial charge >= 0.3 is 0 Å². The van der Waals surface area contributed by atoms with Crippen molar-refractivity contribution >= 4 is 49.8 Å². The molecule has 0 radical (unpaired) electrons. The quantitative estimate of drug-likeness (QED) is 0.273. The summed E-state index contributed by atoms with van der Waals surface area (Å²) in [4.78, 5) is 13.1. The van der Waals surface area contributed by atoms with E-state index in [1.807, 2.05) is 6.92 Å². The SMILES string of the molecule is C=CCSc1nnc(NC(=O)[C@@H]2CN(S(=O)(=O)c3ccc(OC)cc3)c3ccc(C)cc3O2)s1. The predicted octanol–water partition coefficient (Wildman–Crippen LogP) is 3.73. The van der Waals surface area contributed by atoms with Gasteiger partial charge in [-0.15, -0.1) is 16.8 Å². The van der Waals surface area contributed by atoms with E-state index in [0.29, 0.717) is 32.4 Å². The highest BCUT2D eigenvalue weighted by molar-refractivity contribution is 8.01. The number of aromatic nitrogens is 2. The van der Waals surface area contributed by atoms with E-state index in [0.717, 1.165) is 5.56 Å². The molecule has 34 heavy (non-hydrogen) atoms. The lowest BCUT2D eigenvalue weighted by Gasteiger charge is -2.34. The van der Waals surface area contributed by atoms with Crippen molar-refractivity contribution in [3.63, 3.8) is 0 Å². The van der Waals surface area contributed by atoms with Crippen molar-refractivity contribution in [1.29, 1.82) is 0 Å². The van der Waals surface area contributed by atoms with Crippen LogP contribution in [0.3, 0.4) is 0 Å². The average Bonchev–Trinajstić information content (AvgIpc) is 3.28. The zero-order chi connectivity index (χ0) is 24.3. The van der Waals surface area contributed by atoms with E-state index in [2.05, 4.69) is 22.1 Å². The molecular weight excluding hydrogens is 496 g/mol. The number of rotatable bonds is 8. The number of nitrogens with zero attached hydrogens (tertiary/aromatic N) is 3. The first-order chi connectivity index (χ1) is 16.3. The average molecular weight is 519 g/mol. The van der Waals surface area contributed by atoms with E-state index in [4.69, 9.17) is 9.47 Å². The van der Waals surface area contributed by atoms with Crippen LogP contribution >= 0.6 is 23.1 Å². The van der Waals surface area contributed by atoms with Crippen LogP contribution in [-0.2, 0) is 14.8 Å². The lowest BCUT2D eigenvalue weighted by Crippen LogP contribution is -2.48. The molecule has 2 heterocycles. The molecule has 12 heteroatoms. The van der Waals surface area contributed by atoms with Gasteiger partial charge in [-0.2, -0.15) is 0 Å². The van der Waals surface area contributed by atoms with Crippen LogP contribution in [0.5, 0.6) is 11.5 Å². The van der Waals surface area contributed by atoms with Gasteiger partial charge in [0.05, 0.1) is 24.2 Å². The summed E-state index contributed by atoms with van der Waals surface area (Å²) in [5, 5.41) is 11.0. The van der Waals surface area contributed by atoms with Crippen molar-refractivity contribution in [2.24, 2.45) is 0 Å². The molecule has 1 aromatic heterocycles. The highest BCUT2D eigenvalue weighted by atomic mass is 32.2. The van der Waals surface area contributed by atoms with Gasteiger partial charge in [-0.3, -0.25) is 14.4 Å². The fourth-order valence-corrected chi connectivity index (χ4v) is 6.23. The molecule has 9 nitrogen and oxygen atoms in total. The van der Waals surface area contributed by atoms with E-state index in [1.54, 1.807) is 36.4 Å². The molecule has 0 unspecified atom stereocenters. The zero-order valence-electron chi connectivity index (χ0n) is 18.4. The highest BCUT2D eigenvalue weighted by Crippen LogP contribution is 2.38. The maximum absolute atomic E-state index is 13.5. The first-order valence-corrected chi connectivity index (χ1v) is 13.4. The van der Waals surface area contributed by atoms with Crippen LogP contribution in [0, 0.1) is 6.92 Å². The van der Waals surface area contributed by atoms with Crippen LogP contribution < -0.4 is 19.1 Å². The summed E-state index contributed by atoms with van der Waals surface area (Å²) in [5.74, 6) is 1.00. The fraction of sp³-hybridized carbons (Fsp3) is 0.227. The Morgan fingerprint density at radius 2 is 2.09 bits per heavy atom. The Bertz CT molecular complexity index is 1310. The van der Waals surface area contributed by atoms with Crippen molar-refractivity contribution in [2.75, 3.05) is 29.0 Å². The van der Waals surface area contributed by atoms with Gasteiger partial charge in [0.25, 0.3) is 15.9 Å². The molecule has 178 valence electrons. The molecule has 0 aliphatic carbocycles. The third-order valence-electron chi connectivity index (χ3n) is 4.89. The number of anilines is 2. The highest BCUT2D eigenvalue weighted by Gasteiger charge is 2.38. The van der Waals surface area contributed by atoms with E-state index in [-0.39, 0.29) is 11.4 Å². The van der Waals surface area contributed by atoms with Gasteiger partial charge in [0.15, 0.2) is 10.4 Å². The van der Waals surface area contributed by atoms with Gasteiger partial charge in [0.1, 0.15) is 11.5 Å². The number of methoxy groups -OCH3 is 1. The molecule has 0 saturated heterocycles. The Labute approximate surface area is 205 Å². The molecule has 1 aliphatic rings. The monoisotopic (exact) mass is 518 g/mol. The summed E-state index contributed by atoms with van der Waals surface area (Å²) in [6.45, 7) is 5.32. The summed E-state index contributed by atoms with van der Waals surface area (Å²) in [6, 6.07) is 11.3. The summed E-state index contributed by atoms with van der Waals surface area (Å²) in [7, 11) is -2.47. The molecule has 1 amide bonds. The van der Waals surface area contributed by atoms with E-state index < -0.39 is 22.0 Å². The number of hydrogen-bond donors (Lipinski definition) is 1. The standard InChI is InChI=1S/C22H22N4O5S3/c1-4-11-32-22-25-24-21(33-22)23-20(27)19-13-26(17-10-5-14(2)12-18(17)31-19)34(28,29)16-8-6-15(30-3)7-9-16/h4-10,12,19H,1,11,13H2,2-3H3,(H,23,24,27)/t19-/m0/s1.